The summed E-state index contributed by atoms with van der Waals surface area (Å²) in [4.78, 5) is 12.7. The lowest BCUT2D eigenvalue weighted by Gasteiger charge is -2.30. The molecule has 0 aromatic heterocycles. The van der Waals surface area contributed by atoms with Gasteiger partial charge in [-0.3, -0.25) is 4.90 Å². The lowest BCUT2D eigenvalue weighted by atomic mass is 10.2. The van der Waals surface area contributed by atoms with Gasteiger partial charge in [0.25, 0.3) is 0 Å². The molecule has 0 unspecified atom stereocenters. The SMILES string of the molecule is CCCCN(CCN)CCN(CCN)CCN(CCN)CCCCCN(CCNCCNCCNCC)CCN(C)CCNCCNCCN. The largest absolute Gasteiger partial charge is 0.329 e. The minimum absolute atomic E-state index is 0.693. The van der Waals surface area contributed by atoms with E-state index >= 15 is 0 Å². The van der Waals surface area contributed by atoms with Crippen molar-refractivity contribution in [2.45, 2.75) is 46.0 Å². The van der Waals surface area contributed by atoms with Crippen LogP contribution in [0.1, 0.15) is 46.0 Å². The lowest BCUT2D eigenvalue weighted by molar-refractivity contribution is 0.177. The van der Waals surface area contributed by atoms with Crippen molar-refractivity contribution in [2.75, 3.05) is 190 Å². The number of rotatable bonds is 42. The fourth-order valence-electron chi connectivity index (χ4n) is 5.92. The van der Waals surface area contributed by atoms with Crippen LogP contribution in [0.15, 0.2) is 0 Å². The molecule has 302 valence electrons. The number of nitrogens with two attached hydrogens (primary N) is 4. The van der Waals surface area contributed by atoms with Crippen LogP contribution < -0.4 is 49.5 Å². The van der Waals surface area contributed by atoms with E-state index in [1.165, 1.54) is 32.1 Å². The van der Waals surface area contributed by atoms with Crippen LogP contribution >= 0.6 is 0 Å². The van der Waals surface area contributed by atoms with Crippen molar-refractivity contribution < 1.29 is 0 Å². The van der Waals surface area contributed by atoms with E-state index in [-0.39, 0.29) is 0 Å². The van der Waals surface area contributed by atoms with Crippen LogP contribution in [0.5, 0.6) is 0 Å². The average molecular weight is 717 g/mol. The third kappa shape index (κ3) is 33.3. The number of likely N-dealkylation sites (N-methyl/N-ethyl adjacent to an activating group) is 2. The maximum Gasteiger partial charge on any atom is 0.0110 e. The maximum atomic E-state index is 6.04. The van der Waals surface area contributed by atoms with Gasteiger partial charge >= 0.3 is 0 Å². The Kier molecular flexibility index (Phi) is 39.2. The Bertz CT molecular complexity index is 650. The Morgan fingerprint density at radius 3 is 1.22 bits per heavy atom. The number of unbranched alkanes of at least 4 members (excludes halogenated alkanes) is 3. The van der Waals surface area contributed by atoms with Gasteiger partial charge in [0.15, 0.2) is 0 Å². The van der Waals surface area contributed by atoms with E-state index in [1.54, 1.807) is 0 Å². The van der Waals surface area contributed by atoms with Crippen LogP contribution in [0.4, 0.5) is 0 Å². The van der Waals surface area contributed by atoms with Crippen molar-refractivity contribution in [3.8, 4) is 0 Å². The Hall–Kier alpha value is -0.560. The summed E-state index contributed by atoms with van der Waals surface area (Å²) in [6, 6.07) is 0. The Balaban J connectivity index is 4.64. The smallest absolute Gasteiger partial charge is 0.0110 e. The zero-order chi connectivity index (χ0) is 36.8. The maximum absolute atomic E-state index is 6.04. The van der Waals surface area contributed by atoms with Crippen LogP contribution in [-0.2, 0) is 0 Å². The zero-order valence-electron chi connectivity index (χ0n) is 33.4. The Morgan fingerprint density at radius 1 is 0.340 bits per heavy atom. The predicted octanol–water partition coefficient (Wildman–Crippen LogP) is -2.10. The molecule has 14 heteroatoms. The van der Waals surface area contributed by atoms with E-state index in [2.05, 4.69) is 72.0 Å². The molecule has 0 heterocycles. The van der Waals surface area contributed by atoms with E-state index in [9.17, 15) is 0 Å². The van der Waals surface area contributed by atoms with Gasteiger partial charge in [-0.2, -0.15) is 0 Å². The fourth-order valence-corrected chi connectivity index (χ4v) is 5.92. The quantitative estimate of drug-likeness (QED) is 0.0314. The second-order valence-corrected chi connectivity index (χ2v) is 13.6. The van der Waals surface area contributed by atoms with Crippen LogP contribution in [0.3, 0.4) is 0 Å². The summed E-state index contributed by atoms with van der Waals surface area (Å²) in [5.74, 6) is 0. The summed E-state index contributed by atoms with van der Waals surface area (Å²) in [6.07, 6.45) is 6.15. The molecule has 0 aliphatic carbocycles. The van der Waals surface area contributed by atoms with Crippen LogP contribution in [-0.4, -0.2) is 215 Å². The van der Waals surface area contributed by atoms with Crippen molar-refractivity contribution in [1.82, 2.24) is 51.1 Å². The number of nitrogens with one attached hydrogen (secondary N) is 5. The van der Waals surface area contributed by atoms with Crippen LogP contribution in [0.2, 0.25) is 0 Å². The molecule has 0 spiro atoms. The van der Waals surface area contributed by atoms with Crippen LogP contribution in [0.25, 0.3) is 0 Å². The van der Waals surface area contributed by atoms with Gasteiger partial charge in [0.2, 0.25) is 0 Å². The highest BCUT2D eigenvalue weighted by Crippen LogP contribution is 2.03. The first-order valence-electron chi connectivity index (χ1n) is 20.5. The molecular formula is C36H88N14. The summed E-state index contributed by atoms with van der Waals surface area (Å²) in [7, 11) is 2.24. The number of hydrogen-bond acceptors (Lipinski definition) is 14. The van der Waals surface area contributed by atoms with E-state index in [1.807, 2.05) is 0 Å². The summed E-state index contributed by atoms with van der Waals surface area (Å²) >= 11 is 0. The predicted molar refractivity (Wildman–Crippen MR) is 218 cm³/mol. The van der Waals surface area contributed by atoms with Gasteiger partial charge in [-0.15, -0.1) is 0 Å². The second kappa shape index (κ2) is 39.6. The molecule has 0 aromatic rings. The number of hydrogen-bond donors (Lipinski definition) is 9. The molecule has 0 rings (SSSR count). The van der Waals surface area contributed by atoms with Gasteiger partial charge < -0.3 is 69.1 Å². The van der Waals surface area contributed by atoms with Gasteiger partial charge in [-0.25, -0.2) is 0 Å². The summed E-state index contributed by atoms with van der Waals surface area (Å²) < 4.78 is 0. The van der Waals surface area contributed by atoms with Gasteiger partial charge in [0.05, 0.1) is 0 Å². The molecule has 0 aliphatic rings. The Labute approximate surface area is 309 Å². The van der Waals surface area contributed by atoms with Gasteiger partial charge in [-0.1, -0.05) is 26.7 Å². The molecule has 0 amide bonds. The molecule has 14 nitrogen and oxygen atoms in total. The van der Waals surface area contributed by atoms with Crippen molar-refractivity contribution in [1.29, 1.82) is 0 Å². The van der Waals surface area contributed by atoms with Crippen molar-refractivity contribution in [3.05, 3.63) is 0 Å². The summed E-state index contributed by atoms with van der Waals surface area (Å²) in [5, 5.41) is 17.4. The molecule has 0 aromatic carbocycles. The number of nitrogens with zero attached hydrogens (tertiary/aromatic N) is 5. The van der Waals surface area contributed by atoms with Gasteiger partial charge in [-0.05, 0) is 52.5 Å². The molecule has 50 heavy (non-hydrogen) atoms. The minimum Gasteiger partial charge on any atom is -0.329 e. The van der Waals surface area contributed by atoms with Crippen molar-refractivity contribution >= 4 is 0 Å². The topological polar surface area (TPSA) is 180 Å². The van der Waals surface area contributed by atoms with E-state index < -0.39 is 0 Å². The highest BCUT2D eigenvalue weighted by molar-refractivity contribution is 4.70. The van der Waals surface area contributed by atoms with Gasteiger partial charge in [0.1, 0.15) is 0 Å². The third-order valence-corrected chi connectivity index (χ3v) is 9.16. The molecular weight excluding hydrogens is 628 g/mol. The molecule has 0 saturated carbocycles. The standard InChI is InChI=1S/C36H88N14/c1-4-6-23-47(26-11-38)33-35-50(28-13-40)36-34-48(27-12-39)24-8-7-9-25-49(30-22-45-20-18-43-16-15-41-5-2)32-31-46(3)29-21-44-19-17-42-14-10-37/h41-45H,4-40H2,1-3H3. The zero-order valence-corrected chi connectivity index (χ0v) is 33.4. The second-order valence-electron chi connectivity index (χ2n) is 13.6. The summed E-state index contributed by atoms with van der Waals surface area (Å²) in [6.45, 7) is 32.0. The van der Waals surface area contributed by atoms with E-state index in [4.69, 9.17) is 22.9 Å². The molecule has 0 atom stereocenters. The van der Waals surface area contributed by atoms with Gasteiger partial charge in [0, 0.05) is 157 Å². The van der Waals surface area contributed by atoms with Crippen molar-refractivity contribution in [3.63, 3.8) is 0 Å². The first kappa shape index (κ1) is 49.4. The van der Waals surface area contributed by atoms with Crippen LogP contribution in [0, 0.1) is 0 Å². The molecule has 0 aliphatic heterocycles. The van der Waals surface area contributed by atoms with Crippen molar-refractivity contribution in [2.24, 2.45) is 22.9 Å². The highest BCUT2D eigenvalue weighted by atomic mass is 15.2. The van der Waals surface area contributed by atoms with E-state index in [0.717, 1.165) is 164 Å². The molecule has 0 saturated heterocycles. The molecule has 0 fully saturated rings. The fraction of sp³-hybridized carbons (Fsp3) is 1.00. The minimum atomic E-state index is 0.693. The normalized spacial score (nSPS) is 12.2. The molecule has 0 radical (unpaired) electrons. The lowest BCUT2D eigenvalue weighted by Crippen LogP contribution is -2.43. The average Bonchev–Trinajstić information content (AvgIpc) is 3.11. The Morgan fingerprint density at radius 2 is 0.740 bits per heavy atom. The summed E-state index contributed by atoms with van der Waals surface area (Å²) in [5.41, 5.74) is 23.5. The monoisotopic (exact) mass is 717 g/mol. The third-order valence-electron chi connectivity index (χ3n) is 9.16. The molecule has 0 bridgehead atoms. The first-order valence-corrected chi connectivity index (χ1v) is 20.5. The molecule has 13 N–H and O–H groups in total. The van der Waals surface area contributed by atoms with E-state index in [0.29, 0.717) is 19.6 Å². The highest BCUT2D eigenvalue weighted by Gasteiger charge is 2.12. The first-order chi connectivity index (χ1) is 24.5.